The number of rotatable bonds is 1. The molecule has 2 unspecified atom stereocenters. The fourth-order valence-corrected chi connectivity index (χ4v) is 1.32. The van der Waals surface area contributed by atoms with E-state index in [1.54, 1.807) is 0 Å². The summed E-state index contributed by atoms with van der Waals surface area (Å²) in [7, 11) is 1.42. The van der Waals surface area contributed by atoms with E-state index in [0.29, 0.717) is 0 Å². The lowest BCUT2D eigenvalue weighted by atomic mass is 10.3. The summed E-state index contributed by atoms with van der Waals surface area (Å²) < 4.78 is 4.57. The number of hydrogen-bond donors (Lipinski definition) is 0. The molecule has 0 aromatic heterocycles. The zero-order chi connectivity index (χ0) is 7.07. The molecule has 3 heteroatoms. The molecule has 0 aromatic rings. The van der Waals surface area contributed by atoms with Gasteiger partial charge in [-0.3, -0.25) is 4.79 Å². The van der Waals surface area contributed by atoms with E-state index in [1.807, 2.05) is 6.92 Å². The highest BCUT2D eigenvalue weighted by atomic mass is 79.9. The summed E-state index contributed by atoms with van der Waals surface area (Å²) >= 11 is 3.39. The average Bonchev–Trinajstić information content (AvgIpc) is 2.38. The van der Waals surface area contributed by atoms with Gasteiger partial charge < -0.3 is 4.74 Å². The summed E-state index contributed by atoms with van der Waals surface area (Å²) in [5.74, 6) is -0.0168. The molecule has 1 fully saturated rings. The van der Waals surface area contributed by atoms with Gasteiger partial charge in [0.25, 0.3) is 0 Å². The second-order valence-electron chi connectivity index (χ2n) is 2.56. The zero-order valence-corrected chi connectivity index (χ0v) is 7.06. The number of alkyl halides is 1. The quantitative estimate of drug-likeness (QED) is 0.463. The Bertz CT molecular complexity index is 142. The lowest BCUT2D eigenvalue weighted by Crippen LogP contribution is -2.08. The van der Waals surface area contributed by atoms with Crippen LogP contribution in [0, 0.1) is 5.92 Å². The van der Waals surface area contributed by atoms with Crippen LogP contribution in [0.1, 0.15) is 13.3 Å². The molecule has 9 heavy (non-hydrogen) atoms. The van der Waals surface area contributed by atoms with E-state index in [4.69, 9.17) is 0 Å². The number of carbonyl (C=O) groups is 1. The SMILES string of the molecule is COC(=O)C1CC1(C)Br. The molecule has 1 aliphatic rings. The van der Waals surface area contributed by atoms with Crippen LogP contribution in [0.5, 0.6) is 0 Å². The fraction of sp³-hybridized carbons (Fsp3) is 0.833. The van der Waals surface area contributed by atoms with Crippen molar-refractivity contribution in [1.82, 2.24) is 0 Å². The van der Waals surface area contributed by atoms with Crippen molar-refractivity contribution in [1.29, 1.82) is 0 Å². The molecule has 52 valence electrons. The Kier molecular flexibility index (Phi) is 1.55. The highest BCUT2D eigenvalue weighted by Gasteiger charge is 2.53. The van der Waals surface area contributed by atoms with Gasteiger partial charge in [0.15, 0.2) is 0 Å². The van der Waals surface area contributed by atoms with Crippen LogP contribution in [0.25, 0.3) is 0 Å². The number of ether oxygens (including phenoxy) is 1. The minimum Gasteiger partial charge on any atom is -0.469 e. The molecule has 2 nitrogen and oxygen atoms in total. The Labute approximate surface area is 62.7 Å². The molecule has 0 saturated heterocycles. The van der Waals surface area contributed by atoms with Gasteiger partial charge in [0.1, 0.15) is 0 Å². The van der Waals surface area contributed by atoms with Crippen LogP contribution in [0.2, 0.25) is 0 Å². The molecule has 1 saturated carbocycles. The largest absolute Gasteiger partial charge is 0.469 e. The van der Waals surface area contributed by atoms with Gasteiger partial charge >= 0.3 is 5.97 Å². The molecule has 0 spiro atoms. The number of carbonyl (C=O) groups excluding carboxylic acids is 1. The average molecular weight is 193 g/mol. The first-order valence-corrected chi connectivity index (χ1v) is 3.64. The van der Waals surface area contributed by atoms with Gasteiger partial charge in [-0.05, 0) is 13.3 Å². The van der Waals surface area contributed by atoms with E-state index in [-0.39, 0.29) is 16.2 Å². The van der Waals surface area contributed by atoms with Gasteiger partial charge in [-0.1, -0.05) is 15.9 Å². The second-order valence-corrected chi connectivity index (χ2v) is 4.37. The first-order chi connectivity index (χ1) is 4.08. The molecule has 0 heterocycles. The van der Waals surface area contributed by atoms with Crippen molar-refractivity contribution < 1.29 is 9.53 Å². The molecule has 1 aliphatic carbocycles. The van der Waals surface area contributed by atoms with Crippen molar-refractivity contribution in [3.8, 4) is 0 Å². The zero-order valence-electron chi connectivity index (χ0n) is 5.48. The maximum absolute atomic E-state index is 10.7. The summed E-state index contributed by atoms with van der Waals surface area (Å²) in [4.78, 5) is 10.7. The number of methoxy groups -OCH3 is 1. The van der Waals surface area contributed by atoms with E-state index in [2.05, 4.69) is 20.7 Å². The van der Waals surface area contributed by atoms with Crippen LogP contribution in [0.15, 0.2) is 0 Å². The standard InChI is InChI=1S/C6H9BrO2/c1-6(7)3-4(6)5(8)9-2/h4H,3H2,1-2H3. The molecular weight excluding hydrogens is 184 g/mol. The number of esters is 1. The lowest BCUT2D eigenvalue weighted by molar-refractivity contribution is -0.142. The maximum atomic E-state index is 10.7. The normalized spacial score (nSPS) is 40.1. The highest BCUT2D eigenvalue weighted by molar-refractivity contribution is 9.10. The summed E-state index contributed by atoms with van der Waals surface area (Å²) in [6.07, 6.45) is 0.902. The predicted octanol–water partition coefficient (Wildman–Crippen LogP) is 1.33. The van der Waals surface area contributed by atoms with E-state index < -0.39 is 0 Å². The van der Waals surface area contributed by atoms with Crippen molar-refractivity contribution in [2.75, 3.05) is 7.11 Å². The number of hydrogen-bond acceptors (Lipinski definition) is 2. The second kappa shape index (κ2) is 1.97. The van der Waals surface area contributed by atoms with Crippen LogP contribution < -0.4 is 0 Å². The minimum atomic E-state index is -0.102. The van der Waals surface area contributed by atoms with Gasteiger partial charge in [-0.25, -0.2) is 0 Å². The third-order valence-electron chi connectivity index (χ3n) is 1.66. The van der Waals surface area contributed by atoms with Crippen molar-refractivity contribution in [2.45, 2.75) is 17.7 Å². The summed E-state index contributed by atoms with van der Waals surface area (Å²) in [5, 5.41) is 0. The monoisotopic (exact) mass is 192 g/mol. The van der Waals surface area contributed by atoms with Gasteiger partial charge in [0, 0.05) is 4.32 Å². The molecule has 2 atom stereocenters. The Morgan fingerprint density at radius 1 is 1.89 bits per heavy atom. The Morgan fingerprint density at radius 2 is 2.33 bits per heavy atom. The summed E-state index contributed by atoms with van der Waals surface area (Å²) in [5.41, 5.74) is 0. The Hall–Kier alpha value is -0.0500. The molecular formula is C6H9BrO2. The van der Waals surface area contributed by atoms with Crippen molar-refractivity contribution in [3.63, 3.8) is 0 Å². The van der Waals surface area contributed by atoms with Gasteiger partial charge in [-0.15, -0.1) is 0 Å². The van der Waals surface area contributed by atoms with Crippen molar-refractivity contribution >= 4 is 21.9 Å². The van der Waals surface area contributed by atoms with E-state index >= 15 is 0 Å². The first kappa shape index (κ1) is 7.06. The topological polar surface area (TPSA) is 26.3 Å². The van der Waals surface area contributed by atoms with Gasteiger partial charge in [0.2, 0.25) is 0 Å². The maximum Gasteiger partial charge on any atom is 0.310 e. The Morgan fingerprint density at radius 3 is 2.44 bits per heavy atom. The third kappa shape index (κ3) is 1.26. The minimum absolute atomic E-state index is 0.0279. The van der Waals surface area contributed by atoms with Gasteiger partial charge in [-0.2, -0.15) is 0 Å². The molecule has 0 radical (unpaired) electrons. The van der Waals surface area contributed by atoms with Crippen LogP contribution in [0.3, 0.4) is 0 Å². The summed E-state index contributed by atoms with van der Waals surface area (Å²) in [6, 6.07) is 0. The van der Waals surface area contributed by atoms with Crippen molar-refractivity contribution in [2.24, 2.45) is 5.92 Å². The Balaban J connectivity index is 2.42. The van der Waals surface area contributed by atoms with E-state index in [0.717, 1.165) is 6.42 Å². The van der Waals surface area contributed by atoms with E-state index in [1.165, 1.54) is 7.11 Å². The molecule has 0 aliphatic heterocycles. The van der Waals surface area contributed by atoms with Crippen LogP contribution >= 0.6 is 15.9 Å². The van der Waals surface area contributed by atoms with Crippen LogP contribution in [-0.4, -0.2) is 17.4 Å². The van der Waals surface area contributed by atoms with Crippen molar-refractivity contribution in [3.05, 3.63) is 0 Å². The molecule has 0 amide bonds. The highest BCUT2D eigenvalue weighted by Crippen LogP contribution is 2.51. The first-order valence-electron chi connectivity index (χ1n) is 2.84. The van der Waals surface area contributed by atoms with Crippen LogP contribution in [0.4, 0.5) is 0 Å². The smallest absolute Gasteiger partial charge is 0.310 e. The lowest BCUT2D eigenvalue weighted by Gasteiger charge is -1.97. The molecule has 1 rings (SSSR count). The number of halogens is 1. The van der Waals surface area contributed by atoms with Crippen LogP contribution in [-0.2, 0) is 9.53 Å². The fourth-order valence-electron chi connectivity index (χ4n) is 0.812. The third-order valence-corrected chi connectivity index (χ3v) is 2.53. The molecule has 0 N–H and O–H groups in total. The van der Waals surface area contributed by atoms with E-state index in [9.17, 15) is 4.79 Å². The molecule has 0 aromatic carbocycles. The molecule has 0 bridgehead atoms. The van der Waals surface area contributed by atoms with Gasteiger partial charge in [0.05, 0.1) is 13.0 Å². The predicted molar refractivity (Wildman–Crippen MR) is 37.5 cm³/mol. The summed E-state index contributed by atoms with van der Waals surface area (Å²) in [6.45, 7) is 1.99.